The van der Waals surface area contributed by atoms with E-state index >= 15 is 0 Å². The molecule has 0 spiro atoms. The molecule has 0 saturated carbocycles. The lowest BCUT2D eigenvalue weighted by Crippen LogP contribution is -2.29. The molecule has 0 saturated heterocycles. The Morgan fingerprint density at radius 2 is 1.00 bits per heavy atom. The molecule has 3 rings (SSSR count). The molecule has 0 bridgehead atoms. The second kappa shape index (κ2) is 6.77. The van der Waals surface area contributed by atoms with Gasteiger partial charge >= 0.3 is 0 Å². The van der Waals surface area contributed by atoms with Crippen LogP contribution in [0, 0.1) is 0 Å². The third kappa shape index (κ3) is 3.67. The fraction of sp³-hybridized carbons (Fsp3) is 0.0526. The highest BCUT2D eigenvalue weighted by molar-refractivity contribution is 7.89. The van der Waals surface area contributed by atoms with Gasteiger partial charge in [-0.2, -0.15) is 4.72 Å². The summed E-state index contributed by atoms with van der Waals surface area (Å²) in [5, 5.41) is 0. The molecule has 0 heterocycles. The van der Waals surface area contributed by atoms with Gasteiger partial charge in [-0.15, -0.1) is 0 Å². The van der Waals surface area contributed by atoms with Crippen molar-refractivity contribution in [3.05, 3.63) is 102 Å². The molecule has 4 heteroatoms. The number of sulfonamides is 1. The molecule has 0 aliphatic heterocycles. The Morgan fingerprint density at radius 3 is 1.43 bits per heavy atom. The minimum atomic E-state index is -3.61. The molecule has 116 valence electrons. The van der Waals surface area contributed by atoms with E-state index < -0.39 is 16.1 Å². The molecule has 0 aromatic heterocycles. The van der Waals surface area contributed by atoms with Gasteiger partial charge in [0, 0.05) is 0 Å². The molecule has 0 amide bonds. The monoisotopic (exact) mass is 323 g/mol. The van der Waals surface area contributed by atoms with Crippen LogP contribution in [0.3, 0.4) is 0 Å². The highest BCUT2D eigenvalue weighted by Crippen LogP contribution is 2.24. The highest BCUT2D eigenvalue weighted by atomic mass is 32.2. The van der Waals surface area contributed by atoms with Crippen molar-refractivity contribution >= 4 is 10.0 Å². The average Bonchev–Trinajstić information content (AvgIpc) is 2.62. The van der Waals surface area contributed by atoms with Crippen molar-refractivity contribution in [1.82, 2.24) is 4.72 Å². The summed E-state index contributed by atoms with van der Waals surface area (Å²) < 4.78 is 28.2. The van der Waals surface area contributed by atoms with Crippen LogP contribution in [0.25, 0.3) is 0 Å². The molecule has 3 nitrogen and oxygen atoms in total. The van der Waals surface area contributed by atoms with Gasteiger partial charge in [-0.05, 0) is 23.3 Å². The maximum atomic E-state index is 12.7. The molecule has 0 aliphatic rings. The quantitative estimate of drug-likeness (QED) is 0.777. The molecule has 0 fully saturated rings. The molecular formula is C19H17NO2S. The summed E-state index contributed by atoms with van der Waals surface area (Å²) in [6.07, 6.45) is 0. The van der Waals surface area contributed by atoms with Crippen molar-refractivity contribution in [2.24, 2.45) is 0 Å². The first-order valence-corrected chi connectivity index (χ1v) is 8.82. The van der Waals surface area contributed by atoms with E-state index in [0.29, 0.717) is 0 Å². The Labute approximate surface area is 136 Å². The van der Waals surface area contributed by atoms with Gasteiger partial charge in [0.1, 0.15) is 0 Å². The normalized spacial score (nSPS) is 11.5. The van der Waals surface area contributed by atoms with Crippen LogP contribution in [0.5, 0.6) is 0 Å². The van der Waals surface area contributed by atoms with Crippen LogP contribution in [-0.2, 0) is 10.0 Å². The average molecular weight is 323 g/mol. The fourth-order valence-electron chi connectivity index (χ4n) is 2.44. The first-order chi connectivity index (χ1) is 11.2. The summed E-state index contributed by atoms with van der Waals surface area (Å²) in [6.45, 7) is 0. The summed E-state index contributed by atoms with van der Waals surface area (Å²) in [5.74, 6) is 0. The molecule has 0 atom stereocenters. The van der Waals surface area contributed by atoms with Crippen LogP contribution in [0.4, 0.5) is 0 Å². The first-order valence-electron chi connectivity index (χ1n) is 7.34. The van der Waals surface area contributed by atoms with Crippen molar-refractivity contribution in [2.75, 3.05) is 0 Å². The summed E-state index contributed by atoms with van der Waals surface area (Å²) in [5.41, 5.74) is 1.80. The summed E-state index contributed by atoms with van der Waals surface area (Å²) in [4.78, 5) is 0.261. The summed E-state index contributed by atoms with van der Waals surface area (Å²) >= 11 is 0. The predicted molar refractivity (Wildman–Crippen MR) is 91.5 cm³/mol. The van der Waals surface area contributed by atoms with Crippen molar-refractivity contribution < 1.29 is 8.42 Å². The highest BCUT2D eigenvalue weighted by Gasteiger charge is 2.22. The summed E-state index contributed by atoms with van der Waals surface area (Å²) in [6, 6.07) is 27.1. The lowest BCUT2D eigenvalue weighted by atomic mass is 10.00. The summed E-state index contributed by atoms with van der Waals surface area (Å²) in [7, 11) is -3.61. The lowest BCUT2D eigenvalue weighted by molar-refractivity contribution is 0.572. The smallest absolute Gasteiger partial charge is 0.207 e. The van der Waals surface area contributed by atoms with E-state index in [1.54, 1.807) is 30.3 Å². The molecule has 3 aromatic carbocycles. The van der Waals surface area contributed by atoms with Crippen molar-refractivity contribution in [3.8, 4) is 0 Å². The van der Waals surface area contributed by atoms with Crippen LogP contribution in [0.15, 0.2) is 95.9 Å². The largest absolute Gasteiger partial charge is 0.241 e. The molecule has 0 unspecified atom stereocenters. The van der Waals surface area contributed by atoms with E-state index in [9.17, 15) is 8.42 Å². The van der Waals surface area contributed by atoms with Gasteiger partial charge in [0.05, 0.1) is 10.9 Å². The van der Waals surface area contributed by atoms with Crippen LogP contribution in [0.1, 0.15) is 17.2 Å². The number of nitrogens with one attached hydrogen (secondary N) is 1. The zero-order valence-corrected chi connectivity index (χ0v) is 13.3. The van der Waals surface area contributed by atoms with Crippen LogP contribution in [-0.4, -0.2) is 8.42 Å². The Hall–Kier alpha value is -2.43. The standard InChI is InChI=1S/C19H17NO2S/c21-23(22,18-14-8-3-9-15-18)20-19(16-10-4-1-5-11-16)17-12-6-2-7-13-17/h1-15,19-20H. The van der Waals surface area contributed by atoms with Gasteiger partial charge in [0.25, 0.3) is 0 Å². The zero-order valence-electron chi connectivity index (χ0n) is 12.5. The first kappa shape index (κ1) is 15.5. The molecule has 1 N–H and O–H groups in total. The predicted octanol–water partition coefficient (Wildman–Crippen LogP) is 3.75. The van der Waals surface area contributed by atoms with Gasteiger partial charge in [-0.25, -0.2) is 8.42 Å². The van der Waals surface area contributed by atoms with Gasteiger partial charge < -0.3 is 0 Å². The van der Waals surface area contributed by atoms with E-state index in [2.05, 4.69) is 4.72 Å². The number of hydrogen-bond acceptors (Lipinski definition) is 2. The fourth-order valence-corrected chi connectivity index (χ4v) is 3.68. The number of hydrogen-bond donors (Lipinski definition) is 1. The molecule has 0 radical (unpaired) electrons. The van der Waals surface area contributed by atoms with Crippen molar-refractivity contribution in [1.29, 1.82) is 0 Å². The second-order valence-electron chi connectivity index (χ2n) is 5.19. The lowest BCUT2D eigenvalue weighted by Gasteiger charge is -2.20. The second-order valence-corrected chi connectivity index (χ2v) is 6.90. The van der Waals surface area contributed by atoms with Crippen LogP contribution in [0.2, 0.25) is 0 Å². The van der Waals surface area contributed by atoms with E-state index in [1.807, 2.05) is 60.7 Å². The van der Waals surface area contributed by atoms with E-state index in [4.69, 9.17) is 0 Å². The van der Waals surface area contributed by atoms with E-state index in [-0.39, 0.29) is 4.90 Å². The number of rotatable bonds is 5. The molecule has 3 aromatic rings. The van der Waals surface area contributed by atoms with Gasteiger partial charge in [0.2, 0.25) is 10.0 Å². The van der Waals surface area contributed by atoms with Crippen molar-refractivity contribution in [3.63, 3.8) is 0 Å². The van der Waals surface area contributed by atoms with Crippen LogP contribution < -0.4 is 4.72 Å². The topological polar surface area (TPSA) is 46.2 Å². The maximum Gasteiger partial charge on any atom is 0.241 e. The Bertz CT molecular complexity index is 808. The molecule has 0 aliphatic carbocycles. The minimum Gasteiger partial charge on any atom is -0.207 e. The van der Waals surface area contributed by atoms with E-state index in [1.165, 1.54) is 0 Å². The third-order valence-corrected chi connectivity index (χ3v) is 5.03. The van der Waals surface area contributed by atoms with Crippen LogP contribution >= 0.6 is 0 Å². The Morgan fingerprint density at radius 1 is 0.609 bits per heavy atom. The van der Waals surface area contributed by atoms with Gasteiger partial charge in [-0.3, -0.25) is 0 Å². The Balaban J connectivity index is 2.00. The molecular weight excluding hydrogens is 306 g/mol. The zero-order chi connectivity index (χ0) is 16.1. The maximum absolute atomic E-state index is 12.7. The number of benzene rings is 3. The van der Waals surface area contributed by atoms with Gasteiger partial charge in [0.15, 0.2) is 0 Å². The van der Waals surface area contributed by atoms with E-state index in [0.717, 1.165) is 11.1 Å². The third-order valence-electron chi connectivity index (χ3n) is 3.59. The minimum absolute atomic E-state index is 0.261. The molecule has 23 heavy (non-hydrogen) atoms. The van der Waals surface area contributed by atoms with Gasteiger partial charge in [-0.1, -0.05) is 78.9 Å². The Kier molecular flexibility index (Phi) is 4.55. The SMILES string of the molecule is O=S(=O)(NC(c1ccccc1)c1ccccc1)c1ccccc1. The van der Waals surface area contributed by atoms with Crippen molar-refractivity contribution in [2.45, 2.75) is 10.9 Å².